The molecule has 0 bridgehead atoms. The van der Waals surface area contributed by atoms with E-state index in [0.29, 0.717) is 20.9 Å². The van der Waals surface area contributed by atoms with Gasteiger partial charge in [0.1, 0.15) is 10.4 Å². The number of nitrogens with zero attached hydrogens (tertiary/aromatic N) is 1. The first-order chi connectivity index (χ1) is 13.2. The molecular formula is C18H16BrClN2O4S2. The Hall–Kier alpha value is -1.68. The van der Waals surface area contributed by atoms with Crippen molar-refractivity contribution in [3.05, 3.63) is 49.9 Å². The van der Waals surface area contributed by atoms with Crippen molar-refractivity contribution in [3.63, 3.8) is 0 Å². The zero-order chi connectivity index (χ0) is 20.6. The largest absolute Gasteiger partial charge is 0.462 e. The molecule has 10 heteroatoms. The maximum atomic E-state index is 13.0. The predicted octanol–water partition coefficient (Wildman–Crippen LogP) is 5.31. The number of thiophene rings is 1. The molecule has 0 atom stereocenters. The minimum atomic E-state index is -4.00. The summed E-state index contributed by atoms with van der Waals surface area (Å²) in [6, 6.07) is 5.90. The number of carbonyl (C=O) groups is 1. The second kappa shape index (κ2) is 7.98. The molecule has 0 saturated heterocycles. The number of aryl methyl sites for hydroxylation is 2. The van der Waals surface area contributed by atoms with Crippen LogP contribution in [0.4, 0.5) is 5.69 Å². The summed E-state index contributed by atoms with van der Waals surface area (Å²) in [4.78, 5) is 17.7. The number of carbonyl (C=O) groups excluding carboxylic acids is 1. The average molecular weight is 504 g/mol. The van der Waals surface area contributed by atoms with Crippen LogP contribution in [0.5, 0.6) is 0 Å². The zero-order valence-electron chi connectivity index (χ0n) is 15.2. The van der Waals surface area contributed by atoms with Crippen LogP contribution in [-0.2, 0) is 14.8 Å². The summed E-state index contributed by atoms with van der Waals surface area (Å²) >= 11 is 10.8. The highest BCUT2D eigenvalue weighted by molar-refractivity contribution is 9.11. The summed E-state index contributed by atoms with van der Waals surface area (Å²) in [7, 11) is -4.00. The summed E-state index contributed by atoms with van der Waals surface area (Å²) in [5, 5.41) is 0.843. The predicted molar refractivity (Wildman–Crippen MR) is 115 cm³/mol. The number of fused-ring (bicyclic) bond motifs is 1. The molecule has 28 heavy (non-hydrogen) atoms. The van der Waals surface area contributed by atoms with Gasteiger partial charge in [0.25, 0.3) is 10.0 Å². The van der Waals surface area contributed by atoms with Crippen LogP contribution >= 0.6 is 38.9 Å². The van der Waals surface area contributed by atoms with Gasteiger partial charge in [-0.3, -0.25) is 4.72 Å². The van der Waals surface area contributed by atoms with Crippen LogP contribution in [-0.4, -0.2) is 26.0 Å². The summed E-state index contributed by atoms with van der Waals surface area (Å²) in [6.07, 6.45) is 0. The highest BCUT2D eigenvalue weighted by Crippen LogP contribution is 2.41. The van der Waals surface area contributed by atoms with E-state index in [2.05, 4.69) is 25.6 Å². The number of benzene rings is 1. The smallest absolute Gasteiger partial charge is 0.342 e. The maximum Gasteiger partial charge on any atom is 0.342 e. The number of nitrogens with one attached hydrogen (secondary N) is 1. The van der Waals surface area contributed by atoms with Crippen molar-refractivity contribution in [2.45, 2.75) is 25.7 Å². The minimum absolute atomic E-state index is 0.00984. The number of hydrogen-bond donors (Lipinski definition) is 1. The van der Waals surface area contributed by atoms with Gasteiger partial charge in [0, 0.05) is 10.4 Å². The van der Waals surface area contributed by atoms with E-state index in [9.17, 15) is 13.2 Å². The molecule has 1 aromatic carbocycles. The summed E-state index contributed by atoms with van der Waals surface area (Å²) in [5.74, 6) is -0.639. The molecule has 3 rings (SSSR count). The number of pyridine rings is 1. The van der Waals surface area contributed by atoms with Crippen molar-refractivity contribution in [1.29, 1.82) is 0 Å². The first-order valence-electron chi connectivity index (χ1n) is 8.20. The van der Waals surface area contributed by atoms with Crippen molar-refractivity contribution in [3.8, 4) is 0 Å². The summed E-state index contributed by atoms with van der Waals surface area (Å²) in [5.41, 5.74) is 1.40. The molecule has 0 spiro atoms. The molecule has 0 amide bonds. The SMILES string of the molecule is CCOC(=O)c1c(C)nc2sc(Br)c(C)c2c1NS(=O)(=O)c1cccc(Cl)c1. The molecular weight excluding hydrogens is 488 g/mol. The van der Waals surface area contributed by atoms with E-state index in [1.54, 1.807) is 26.0 Å². The summed E-state index contributed by atoms with van der Waals surface area (Å²) in [6.45, 7) is 5.31. The lowest BCUT2D eigenvalue weighted by atomic mass is 10.1. The van der Waals surface area contributed by atoms with Gasteiger partial charge in [-0.2, -0.15) is 0 Å². The monoisotopic (exact) mass is 502 g/mol. The standard InChI is InChI=1S/C18H16BrClN2O4S2/c1-4-26-18(23)14-10(3)21-17-13(9(2)16(19)27-17)15(14)22-28(24,25)12-7-5-6-11(20)8-12/h5-8H,4H2,1-3H3,(H,21,22). The highest BCUT2D eigenvalue weighted by atomic mass is 79.9. The number of aromatic nitrogens is 1. The van der Waals surface area contributed by atoms with Crippen LogP contribution in [0.25, 0.3) is 10.2 Å². The molecule has 2 heterocycles. The molecule has 0 aliphatic heterocycles. The Morgan fingerprint density at radius 3 is 2.71 bits per heavy atom. The molecule has 3 aromatic rings. The zero-order valence-corrected chi connectivity index (χ0v) is 19.1. The summed E-state index contributed by atoms with van der Waals surface area (Å²) < 4.78 is 34.5. The molecule has 0 unspecified atom stereocenters. The first kappa shape index (κ1) is 21.0. The fourth-order valence-corrected chi connectivity index (χ4v) is 5.75. The molecule has 0 aliphatic carbocycles. The van der Waals surface area contributed by atoms with Gasteiger partial charge in [-0.05, 0) is 60.5 Å². The molecule has 6 nitrogen and oxygen atoms in total. The van der Waals surface area contributed by atoms with E-state index < -0.39 is 16.0 Å². The molecule has 1 N–H and O–H groups in total. The Bertz CT molecular complexity index is 1190. The Labute approximate surface area is 180 Å². The van der Waals surface area contributed by atoms with E-state index in [1.165, 1.54) is 23.5 Å². The van der Waals surface area contributed by atoms with E-state index in [0.717, 1.165) is 9.35 Å². The van der Waals surface area contributed by atoms with Crippen molar-refractivity contribution >= 4 is 70.8 Å². The van der Waals surface area contributed by atoms with Gasteiger partial charge in [0.05, 0.1) is 26.7 Å². The Kier molecular flexibility index (Phi) is 6.00. The molecule has 0 radical (unpaired) electrons. The lowest BCUT2D eigenvalue weighted by Crippen LogP contribution is -2.18. The minimum Gasteiger partial charge on any atom is -0.462 e. The van der Waals surface area contributed by atoms with E-state index in [-0.39, 0.29) is 22.8 Å². The van der Waals surface area contributed by atoms with E-state index >= 15 is 0 Å². The number of halogens is 2. The molecule has 0 fully saturated rings. The number of esters is 1. The second-order valence-electron chi connectivity index (χ2n) is 5.91. The van der Waals surface area contributed by atoms with Gasteiger partial charge in [-0.1, -0.05) is 17.7 Å². The van der Waals surface area contributed by atoms with Crippen molar-refractivity contribution in [2.75, 3.05) is 11.3 Å². The topological polar surface area (TPSA) is 85.4 Å². The quantitative estimate of drug-likeness (QED) is 0.477. The van der Waals surface area contributed by atoms with Gasteiger partial charge >= 0.3 is 5.97 Å². The van der Waals surface area contributed by atoms with E-state index in [1.807, 2.05) is 6.92 Å². The van der Waals surface area contributed by atoms with Crippen molar-refractivity contribution in [2.24, 2.45) is 0 Å². The number of rotatable bonds is 5. The van der Waals surface area contributed by atoms with Crippen molar-refractivity contribution < 1.29 is 17.9 Å². The third kappa shape index (κ3) is 3.89. The van der Waals surface area contributed by atoms with Crippen LogP contribution in [0, 0.1) is 13.8 Å². The molecule has 2 aromatic heterocycles. The molecule has 0 aliphatic rings. The van der Waals surface area contributed by atoms with Gasteiger partial charge in [0.2, 0.25) is 0 Å². The average Bonchev–Trinajstić information content (AvgIpc) is 2.88. The highest BCUT2D eigenvalue weighted by Gasteiger charge is 2.27. The number of ether oxygens (including phenoxy) is 1. The van der Waals surface area contributed by atoms with Crippen LogP contribution in [0.1, 0.15) is 28.5 Å². The van der Waals surface area contributed by atoms with Gasteiger partial charge in [-0.25, -0.2) is 18.2 Å². The lowest BCUT2D eigenvalue weighted by molar-refractivity contribution is 0.0526. The third-order valence-corrected chi connectivity index (χ3v) is 7.66. The van der Waals surface area contributed by atoms with Crippen LogP contribution in [0.3, 0.4) is 0 Å². The van der Waals surface area contributed by atoms with E-state index in [4.69, 9.17) is 16.3 Å². The fraction of sp³-hybridized carbons (Fsp3) is 0.222. The van der Waals surface area contributed by atoms with Crippen LogP contribution in [0.2, 0.25) is 5.02 Å². The molecule has 148 valence electrons. The number of sulfonamides is 1. The third-order valence-electron chi connectivity index (χ3n) is 4.02. The lowest BCUT2D eigenvalue weighted by Gasteiger charge is -2.16. The van der Waals surface area contributed by atoms with Crippen LogP contribution in [0.15, 0.2) is 32.9 Å². The normalized spacial score (nSPS) is 11.6. The number of anilines is 1. The van der Waals surface area contributed by atoms with Gasteiger partial charge < -0.3 is 4.74 Å². The second-order valence-corrected chi connectivity index (χ2v) is 10.3. The van der Waals surface area contributed by atoms with Gasteiger partial charge in [0.15, 0.2) is 0 Å². The van der Waals surface area contributed by atoms with Crippen molar-refractivity contribution in [1.82, 2.24) is 4.98 Å². The van der Waals surface area contributed by atoms with Crippen LogP contribution < -0.4 is 4.72 Å². The Morgan fingerprint density at radius 2 is 2.07 bits per heavy atom. The van der Waals surface area contributed by atoms with Gasteiger partial charge in [-0.15, -0.1) is 11.3 Å². The first-order valence-corrected chi connectivity index (χ1v) is 11.7. The number of hydrogen-bond acceptors (Lipinski definition) is 6. The Balaban J connectivity index is 2.28. The fourth-order valence-electron chi connectivity index (χ4n) is 2.74. The Morgan fingerprint density at radius 1 is 1.36 bits per heavy atom. The maximum absolute atomic E-state index is 13.0. The molecule has 0 saturated carbocycles.